The Hall–Kier alpha value is -1.81. The third-order valence-electron chi connectivity index (χ3n) is 5.92. The first-order valence-corrected chi connectivity index (χ1v) is 9.41. The Morgan fingerprint density at radius 2 is 2.08 bits per heavy atom. The minimum atomic E-state index is 0.110. The van der Waals surface area contributed by atoms with Gasteiger partial charge < -0.3 is 9.42 Å². The first-order chi connectivity index (χ1) is 12.0. The van der Waals surface area contributed by atoms with Crippen molar-refractivity contribution in [2.75, 3.05) is 11.4 Å². The molecule has 1 aromatic carbocycles. The zero-order valence-corrected chi connectivity index (χ0v) is 15.5. The van der Waals surface area contributed by atoms with Gasteiger partial charge in [0.05, 0.1) is 16.4 Å². The molecule has 0 bridgehead atoms. The van der Waals surface area contributed by atoms with Crippen molar-refractivity contribution in [3.8, 4) is 0 Å². The van der Waals surface area contributed by atoms with Crippen molar-refractivity contribution in [3.63, 3.8) is 0 Å². The van der Waals surface area contributed by atoms with Gasteiger partial charge in [0, 0.05) is 23.9 Å². The van der Waals surface area contributed by atoms with Gasteiger partial charge in [-0.2, -0.15) is 0 Å². The van der Waals surface area contributed by atoms with E-state index in [9.17, 15) is 4.79 Å². The van der Waals surface area contributed by atoms with Crippen LogP contribution in [0.3, 0.4) is 0 Å². The van der Waals surface area contributed by atoms with Crippen molar-refractivity contribution in [1.29, 1.82) is 0 Å². The molecule has 4 nitrogen and oxygen atoms in total. The van der Waals surface area contributed by atoms with Gasteiger partial charge in [-0.25, -0.2) is 0 Å². The van der Waals surface area contributed by atoms with Crippen LogP contribution in [-0.4, -0.2) is 17.6 Å². The minimum absolute atomic E-state index is 0.110. The Kier molecular flexibility index (Phi) is 4.11. The molecule has 132 valence electrons. The lowest BCUT2D eigenvalue weighted by Crippen LogP contribution is -2.35. The number of carbonyl (C=O) groups excluding carboxylic acids is 1. The van der Waals surface area contributed by atoms with Gasteiger partial charge in [0.25, 0.3) is 0 Å². The second-order valence-corrected chi connectivity index (χ2v) is 7.81. The lowest BCUT2D eigenvalue weighted by Gasteiger charge is -2.24. The SMILES string of the molecule is Cc1noc(C)c1CCC(=O)N1CC2(CCCC2)c2cccc(Cl)c21. The summed E-state index contributed by atoms with van der Waals surface area (Å²) in [4.78, 5) is 15.0. The minimum Gasteiger partial charge on any atom is -0.361 e. The van der Waals surface area contributed by atoms with Crippen LogP contribution in [0, 0.1) is 13.8 Å². The third-order valence-corrected chi connectivity index (χ3v) is 6.23. The molecule has 1 saturated carbocycles. The van der Waals surface area contributed by atoms with E-state index in [2.05, 4.69) is 11.2 Å². The van der Waals surface area contributed by atoms with Gasteiger partial charge in [-0.3, -0.25) is 4.79 Å². The lowest BCUT2D eigenvalue weighted by atomic mass is 9.81. The highest BCUT2D eigenvalue weighted by atomic mass is 35.5. The standard InChI is InChI=1S/C20H23ClN2O2/c1-13-15(14(2)25-22-13)8-9-18(24)23-12-20(10-3-4-11-20)16-6-5-7-17(21)19(16)23/h5-7H,3-4,8-12H2,1-2H3. The quantitative estimate of drug-likeness (QED) is 0.796. The molecule has 0 radical (unpaired) electrons. The molecule has 25 heavy (non-hydrogen) atoms. The second kappa shape index (κ2) is 6.17. The second-order valence-electron chi connectivity index (χ2n) is 7.41. The van der Waals surface area contributed by atoms with E-state index in [1.54, 1.807) is 0 Å². The molecule has 2 heterocycles. The van der Waals surface area contributed by atoms with Crippen LogP contribution in [0.25, 0.3) is 0 Å². The Morgan fingerprint density at radius 1 is 1.32 bits per heavy atom. The molecule has 1 aliphatic carbocycles. The van der Waals surface area contributed by atoms with E-state index in [-0.39, 0.29) is 11.3 Å². The fraction of sp³-hybridized carbons (Fsp3) is 0.500. The average molecular weight is 359 g/mol. The summed E-state index contributed by atoms with van der Waals surface area (Å²) in [6.45, 7) is 4.59. The molecule has 1 amide bonds. The van der Waals surface area contributed by atoms with Crippen molar-refractivity contribution in [1.82, 2.24) is 5.16 Å². The normalized spacial score (nSPS) is 18.1. The Labute approximate surface area is 153 Å². The topological polar surface area (TPSA) is 46.3 Å². The lowest BCUT2D eigenvalue weighted by molar-refractivity contribution is -0.118. The summed E-state index contributed by atoms with van der Waals surface area (Å²) in [5.74, 6) is 0.940. The van der Waals surface area contributed by atoms with Gasteiger partial charge in [0.1, 0.15) is 5.76 Å². The van der Waals surface area contributed by atoms with Crippen LogP contribution < -0.4 is 4.90 Å². The predicted octanol–water partition coefficient (Wildman–Crippen LogP) is 4.74. The van der Waals surface area contributed by atoms with Gasteiger partial charge in [-0.15, -0.1) is 0 Å². The summed E-state index contributed by atoms with van der Waals surface area (Å²) in [5, 5.41) is 4.67. The molecule has 5 heteroatoms. The number of carbonyl (C=O) groups is 1. The number of hydrogen-bond acceptors (Lipinski definition) is 3. The van der Waals surface area contributed by atoms with Crippen LogP contribution >= 0.6 is 11.6 Å². The van der Waals surface area contributed by atoms with Crippen LogP contribution in [0.15, 0.2) is 22.7 Å². The summed E-state index contributed by atoms with van der Waals surface area (Å²) in [7, 11) is 0. The zero-order chi connectivity index (χ0) is 17.6. The van der Waals surface area contributed by atoms with Gasteiger partial charge >= 0.3 is 0 Å². The largest absolute Gasteiger partial charge is 0.361 e. The molecule has 0 saturated heterocycles. The number of anilines is 1. The Bertz CT molecular complexity index is 802. The Morgan fingerprint density at radius 3 is 2.76 bits per heavy atom. The molecular weight excluding hydrogens is 336 g/mol. The molecule has 2 aromatic rings. The van der Waals surface area contributed by atoms with Crippen LogP contribution in [0.2, 0.25) is 5.02 Å². The van der Waals surface area contributed by atoms with E-state index in [0.29, 0.717) is 17.9 Å². The monoisotopic (exact) mass is 358 g/mol. The first kappa shape index (κ1) is 16.6. The molecule has 1 fully saturated rings. The summed E-state index contributed by atoms with van der Waals surface area (Å²) >= 11 is 6.50. The fourth-order valence-corrected chi connectivity index (χ4v) is 4.88. The van der Waals surface area contributed by atoms with Crippen LogP contribution in [0.4, 0.5) is 5.69 Å². The average Bonchev–Trinajstić information content (AvgIpc) is 3.28. The van der Waals surface area contributed by atoms with Gasteiger partial charge in [-0.1, -0.05) is 41.7 Å². The van der Waals surface area contributed by atoms with Crippen molar-refractivity contribution in [2.45, 2.75) is 57.8 Å². The smallest absolute Gasteiger partial charge is 0.227 e. The van der Waals surface area contributed by atoms with E-state index in [4.69, 9.17) is 16.1 Å². The number of aryl methyl sites for hydroxylation is 2. The number of halogens is 1. The number of aromatic nitrogens is 1. The highest BCUT2D eigenvalue weighted by molar-refractivity contribution is 6.34. The van der Waals surface area contributed by atoms with E-state index in [0.717, 1.165) is 42.1 Å². The molecule has 4 rings (SSSR count). The fourth-order valence-electron chi connectivity index (χ4n) is 4.60. The summed E-state index contributed by atoms with van der Waals surface area (Å²) < 4.78 is 5.21. The number of hydrogen-bond donors (Lipinski definition) is 0. The Balaban J connectivity index is 1.60. The van der Waals surface area contributed by atoms with E-state index >= 15 is 0 Å². The molecule has 0 unspecified atom stereocenters. The number of nitrogens with zero attached hydrogens (tertiary/aromatic N) is 2. The molecule has 2 aliphatic rings. The number of amides is 1. The molecule has 0 N–H and O–H groups in total. The maximum atomic E-state index is 13.0. The molecule has 0 atom stereocenters. The summed E-state index contributed by atoms with van der Waals surface area (Å²) in [6.07, 6.45) is 5.86. The van der Waals surface area contributed by atoms with Gasteiger partial charge in [-0.05, 0) is 44.7 Å². The van der Waals surface area contributed by atoms with Crippen LogP contribution in [0.5, 0.6) is 0 Å². The van der Waals surface area contributed by atoms with Gasteiger partial charge in [0.2, 0.25) is 5.91 Å². The maximum Gasteiger partial charge on any atom is 0.227 e. The zero-order valence-electron chi connectivity index (χ0n) is 14.8. The molecule has 1 spiro atoms. The number of para-hydroxylation sites is 1. The van der Waals surface area contributed by atoms with Crippen molar-refractivity contribution < 1.29 is 9.32 Å². The summed E-state index contributed by atoms with van der Waals surface area (Å²) in [5.41, 5.74) is 4.23. The van der Waals surface area contributed by atoms with Gasteiger partial charge in [0.15, 0.2) is 0 Å². The molecule has 1 aliphatic heterocycles. The number of fused-ring (bicyclic) bond motifs is 2. The van der Waals surface area contributed by atoms with E-state index < -0.39 is 0 Å². The van der Waals surface area contributed by atoms with E-state index in [1.165, 1.54) is 18.4 Å². The van der Waals surface area contributed by atoms with E-state index in [1.807, 2.05) is 30.9 Å². The third kappa shape index (κ3) is 2.67. The van der Waals surface area contributed by atoms with Crippen LogP contribution in [0.1, 0.15) is 54.7 Å². The van der Waals surface area contributed by atoms with Crippen LogP contribution in [-0.2, 0) is 16.6 Å². The maximum absolute atomic E-state index is 13.0. The number of benzene rings is 1. The van der Waals surface area contributed by atoms with Crippen molar-refractivity contribution in [2.24, 2.45) is 0 Å². The summed E-state index contributed by atoms with van der Waals surface area (Å²) in [6, 6.07) is 6.07. The van der Waals surface area contributed by atoms with Crippen molar-refractivity contribution >= 4 is 23.2 Å². The van der Waals surface area contributed by atoms with Crippen molar-refractivity contribution in [3.05, 3.63) is 45.8 Å². The highest BCUT2D eigenvalue weighted by Gasteiger charge is 2.46. The predicted molar refractivity (Wildman–Crippen MR) is 98.2 cm³/mol. The first-order valence-electron chi connectivity index (χ1n) is 9.03. The molecular formula is C20H23ClN2O2. The number of rotatable bonds is 3. The highest BCUT2D eigenvalue weighted by Crippen LogP contribution is 2.52. The molecule has 1 aromatic heterocycles.